The fourth-order valence-corrected chi connectivity index (χ4v) is 5.29. The van der Waals surface area contributed by atoms with E-state index in [1.54, 1.807) is 0 Å². The van der Waals surface area contributed by atoms with Crippen molar-refractivity contribution < 1.29 is 9.59 Å². The van der Waals surface area contributed by atoms with Crippen LogP contribution in [0.2, 0.25) is 0 Å². The van der Waals surface area contributed by atoms with Gasteiger partial charge in [0, 0.05) is 40.3 Å². The molecule has 3 nitrogen and oxygen atoms in total. The van der Waals surface area contributed by atoms with E-state index in [-0.39, 0.29) is 22.9 Å². The van der Waals surface area contributed by atoms with Gasteiger partial charge in [-0.25, -0.2) is 0 Å². The van der Waals surface area contributed by atoms with E-state index in [0.29, 0.717) is 6.42 Å². The van der Waals surface area contributed by atoms with E-state index in [4.69, 9.17) is 0 Å². The van der Waals surface area contributed by atoms with Crippen LogP contribution < -0.4 is 5.32 Å². The highest BCUT2D eigenvalue weighted by Gasteiger charge is 2.46. The van der Waals surface area contributed by atoms with Crippen molar-refractivity contribution in [2.24, 2.45) is 5.41 Å². The van der Waals surface area contributed by atoms with E-state index >= 15 is 0 Å². The number of rotatable bonds is 3. The number of hydrogen-bond acceptors (Lipinski definition) is 3. The quantitative estimate of drug-likeness (QED) is 0.736. The van der Waals surface area contributed by atoms with Crippen LogP contribution in [0.5, 0.6) is 0 Å². The van der Waals surface area contributed by atoms with E-state index in [0.717, 1.165) is 58.5 Å². The third-order valence-corrected chi connectivity index (χ3v) is 6.58. The highest BCUT2D eigenvalue weighted by molar-refractivity contribution is 6.23. The predicted molar refractivity (Wildman–Crippen MR) is 119 cm³/mol. The first-order valence-corrected chi connectivity index (χ1v) is 10.9. The molecular formula is C27H27NO2. The normalized spacial score (nSPS) is 21.9. The van der Waals surface area contributed by atoms with Crippen molar-refractivity contribution in [3.05, 3.63) is 87.6 Å². The maximum absolute atomic E-state index is 13.5. The van der Waals surface area contributed by atoms with Gasteiger partial charge in [0.1, 0.15) is 0 Å². The molecule has 30 heavy (non-hydrogen) atoms. The summed E-state index contributed by atoms with van der Waals surface area (Å²) in [5, 5.41) is 3.54. The van der Waals surface area contributed by atoms with Gasteiger partial charge in [-0.15, -0.1) is 0 Å². The molecule has 1 aliphatic heterocycles. The van der Waals surface area contributed by atoms with Gasteiger partial charge in [-0.3, -0.25) is 9.59 Å². The molecular weight excluding hydrogens is 370 g/mol. The second-order valence-corrected chi connectivity index (χ2v) is 9.55. The van der Waals surface area contributed by atoms with Crippen LogP contribution in [-0.4, -0.2) is 11.6 Å². The zero-order chi connectivity index (χ0) is 21.0. The standard InChI is InChI=1S/C27H27NO2/c1-4-7-16-10-12-17(13-11-16)22-23-20(14-27(2,3)15-21(23)29)28-25-18-8-5-6-9-19(18)26(30)24(22)25/h5-6,8-13,22,28H,4,7,14-15H2,1-3H3/t22-/m0/s1. The van der Waals surface area contributed by atoms with Gasteiger partial charge in [0.2, 0.25) is 0 Å². The minimum absolute atomic E-state index is 0.0416. The Balaban J connectivity index is 1.69. The Morgan fingerprint density at radius 3 is 2.33 bits per heavy atom. The Morgan fingerprint density at radius 1 is 0.933 bits per heavy atom. The molecule has 1 heterocycles. The number of hydrogen-bond donors (Lipinski definition) is 1. The molecule has 152 valence electrons. The minimum atomic E-state index is -0.296. The maximum Gasteiger partial charge on any atom is 0.192 e. The van der Waals surface area contributed by atoms with Crippen molar-refractivity contribution in [1.82, 2.24) is 5.32 Å². The van der Waals surface area contributed by atoms with Gasteiger partial charge in [-0.2, -0.15) is 0 Å². The molecule has 2 aromatic carbocycles. The van der Waals surface area contributed by atoms with Gasteiger partial charge in [0.05, 0.1) is 5.70 Å². The second-order valence-electron chi connectivity index (χ2n) is 9.55. The molecule has 2 aromatic rings. The van der Waals surface area contributed by atoms with Crippen LogP contribution >= 0.6 is 0 Å². The largest absolute Gasteiger partial charge is 0.358 e. The van der Waals surface area contributed by atoms with Crippen LogP contribution in [0.4, 0.5) is 0 Å². The monoisotopic (exact) mass is 397 g/mol. The summed E-state index contributed by atoms with van der Waals surface area (Å²) in [6.07, 6.45) is 3.46. The highest BCUT2D eigenvalue weighted by Crippen LogP contribution is 2.51. The Kier molecular flexibility index (Phi) is 4.32. The fraction of sp³-hybridized carbons (Fsp3) is 0.333. The molecule has 0 radical (unpaired) electrons. The Labute approximate surface area is 177 Å². The smallest absolute Gasteiger partial charge is 0.192 e. The van der Waals surface area contributed by atoms with Crippen LogP contribution in [0.1, 0.15) is 73.0 Å². The third-order valence-electron chi connectivity index (χ3n) is 6.58. The van der Waals surface area contributed by atoms with Gasteiger partial charge in [0.25, 0.3) is 0 Å². The SMILES string of the molecule is CCCc1ccc([C@H]2C3=C(CC(C)(C)CC3=O)NC3=C2C(=O)c2ccccc23)cc1. The lowest BCUT2D eigenvalue weighted by Crippen LogP contribution is -2.37. The molecule has 1 N–H and O–H groups in total. The fourth-order valence-electron chi connectivity index (χ4n) is 5.29. The number of Topliss-reactive ketones (excluding diaryl/α,β-unsaturated/α-hetero) is 2. The Bertz CT molecular complexity index is 1130. The summed E-state index contributed by atoms with van der Waals surface area (Å²) in [6.45, 7) is 6.46. The lowest BCUT2D eigenvalue weighted by atomic mass is 9.68. The number of nitrogens with one attached hydrogen (secondary N) is 1. The van der Waals surface area contributed by atoms with Gasteiger partial charge in [-0.05, 0) is 29.4 Å². The van der Waals surface area contributed by atoms with E-state index in [9.17, 15) is 9.59 Å². The van der Waals surface area contributed by atoms with Crippen LogP contribution in [0.25, 0.3) is 5.70 Å². The van der Waals surface area contributed by atoms with Crippen molar-refractivity contribution in [1.29, 1.82) is 0 Å². The summed E-state index contributed by atoms with van der Waals surface area (Å²) < 4.78 is 0. The number of carbonyl (C=O) groups is 2. The van der Waals surface area contributed by atoms with Crippen molar-refractivity contribution in [2.75, 3.05) is 0 Å². The van der Waals surface area contributed by atoms with Gasteiger partial charge in [0.15, 0.2) is 11.6 Å². The van der Waals surface area contributed by atoms with Gasteiger partial charge >= 0.3 is 0 Å². The Hall–Kier alpha value is -2.94. The average Bonchev–Trinajstić information content (AvgIpc) is 2.99. The molecule has 0 saturated carbocycles. The van der Waals surface area contributed by atoms with Gasteiger partial charge < -0.3 is 5.32 Å². The molecule has 0 spiro atoms. The first-order valence-electron chi connectivity index (χ1n) is 10.9. The molecule has 5 rings (SSSR count). The number of allylic oxidation sites excluding steroid dienone is 3. The summed E-state index contributed by atoms with van der Waals surface area (Å²) in [5.74, 6) is -0.0953. The molecule has 2 aliphatic carbocycles. The molecule has 0 unspecified atom stereocenters. The van der Waals surface area contributed by atoms with Crippen molar-refractivity contribution >= 4 is 17.3 Å². The minimum Gasteiger partial charge on any atom is -0.358 e. The van der Waals surface area contributed by atoms with Crippen LogP contribution in [-0.2, 0) is 11.2 Å². The zero-order valence-corrected chi connectivity index (χ0v) is 17.8. The van der Waals surface area contributed by atoms with E-state index in [2.05, 4.69) is 50.4 Å². The molecule has 3 heteroatoms. The van der Waals surface area contributed by atoms with Gasteiger partial charge in [-0.1, -0.05) is 75.7 Å². The number of benzene rings is 2. The zero-order valence-electron chi connectivity index (χ0n) is 17.8. The van der Waals surface area contributed by atoms with E-state index < -0.39 is 0 Å². The molecule has 0 fully saturated rings. The molecule has 0 bridgehead atoms. The summed E-state index contributed by atoms with van der Waals surface area (Å²) in [6, 6.07) is 16.3. The lowest BCUT2D eigenvalue weighted by Gasteiger charge is -2.39. The predicted octanol–water partition coefficient (Wildman–Crippen LogP) is 5.58. The second kappa shape index (κ2) is 6.80. The molecule has 0 saturated heterocycles. The molecule has 3 aliphatic rings. The first-order chi connectivity index (χ1) is 14.4. The lowest BCUT2D eigenvalue weighted by molar-refractivity contribution is -0.118. The number of aryl methyl sites for hydroxylation is 1. The topological polar surface area (TPSA) is 46.2 Å². The first kappa shape index (κ1) is 19.0. The number of ketones is 2. The maximum atomic E-state index is 13.5. The summed E-state index contributed by atoms with van der Waals surface area (Å²) in [4.78, 5) is 26.8. The van der Waals surface area contributed by atoms with Crippen molar-refractivity contribution in [3.63, 3.8) is 0 Å². The van der Waals surface area contributed by atoms with Crippen molar-refractivity contribution in [2.45, 2.75) is 52.4 Å². The number of carbonyl (C=O) groups excluding carboxylic acids is 2. The molecule has 0 aromatic heterocycles. The number of dihydropyridines is 1. The number of fused-ring (bicyclic) bond motifs is 2. The van der Waals surface area contributed by atoms with Crippen molar-refractivity contribution in [3.8, 4) is 0 Å². The summed E-state index contributed by atoms with van der Waals surface area (Å²) >= 11 is 0. The highest BCUT2D eigenvalue weighted by atomic mass is 16.1. The van der Waals surface area contributed by atoms with Crippen LogP contribution in [0, 0.1) is 5.41 Å². The summed E-state index contributed by atoms with van der Waals surface area (Å²) in [5.41, 5.74) is 7.31. The third kappa shape index (κ3) is 2.87. The average molecular weight is 398 g/mol. The van der Waals surface area contributed by atoms with Crippen LogP contribution in [0.3, 0.4) is 0 Å². The van der Waals surface area contributed by atoms with E-state index in [1.165, 1.54) is 5.56 Å². The van der Waals surface area contributed by atoms with Crippen LogP contribution in [0.15, 0.2) is 65.4 Å². The molecule has 0 amide bonds. The summed E-state index contributed by atoms with van der Waals surface area (Å²) in [7, 11) is 0. The van der Waals surface area contributed by atoms with E-state index in [1.807, 2.05) is 24.3 Å². The Morgan fingerprint density at radius 2 is 1.63 bits per heavy atom. The molecule has 1 atom stereocenters.